The number of benzene rings is 1. The molecule has 1 aromatic rings. The number of aliphatic hydroxyl groups excluding tert-OH is 1. The van der Waals surface area contributed by atoms with E-state index in [9.17, 15) is 19.7 Å². The molecule has 0 unspecified atom stereocenters. The summed E-state index contributed by atoms with van der Waals surface area (Å²) in [5, 5.41) is 30.9. The summed E-state index contributed by atoms with van der Waals surface area (Å²) in [6, 6.07) is 1.75. The summed E-state index contributed by atoms with van der Waals surface area (Å²) in [4.78, 5) is 32.8. The Morgan fingerprint density at radius 3 is 2.57 bits per heavy atom. The fraction of sp³-hybridized carbons (Fsp3) is 0.412. The van der Waals surface area contributed by atoms with Gasteiger partial charge in [-0.3, -0.25) is 14.9 Å². The zero-order chi connectivity index (χ0) is 21.3. The lowest BCUT2D eigenvalue weighted by molar-refractivity contribution is -0.427. The van der Waals surface area contributed by atoms with E-state index in [2.05, 4.69) is 5.32 Å². The van der Waals surface area contributed by atoms with Gasteiger partial charge in [0.1, 0.15) is 16.8 Å². The molecule has 1 atom stereocenters. The van der Waals surface area contributed by atoms with Crippen molar-refractivity contribution in [3.8, 4) is 5.75 Å². The van der Waals surface area contributed by atoms with Crippen LogP contribution in [0.5, 0.6) is 5.75 Å². The molecule has 1 aromatic carbocycles. The second-order valence-electron chi connectivity index (χ2n) is 5.66. The maximum Gasteiger partial charge on any atom is 0.328 e. The van der Waals surface area contributed by atoms with E-state index in [1.54, 1.807) is 13.0 Å². The molecular formula is C17H20Cl2N2O7. The minimum absolute atomic E-state index is 0.0120. The number of carbonyl (C=O) groups is 2. The number of rotatable bonds is 11. The molecule has 3 N–H and O–H groups in total. The summed E-state index contributed by atoms with van der Waals surface area (Å²) in [7, 11) is 0. The molecule has 11 heteroatoms. The van der Waals surface area contributed by atoms with Gasteiger partial charge in [-0.15, -0.1) is 0 Å². The Balaban J connectivity index is 2.60. The highest BCUT2D eigenvalue weighted by Gasteiger charge is 2.19. The van der Waals surface area contributed by atoms with Gasteiger partial charge in [-0.05, 0) is 31.1 Å². The molecule has 0 heterocycles. The number of carbonyl (C=O) groups excluding carboxylic acids is 1. The van der Waals surface area contributed by atoms with Crippen LogP contribution in [-0.4, -0.2) is 46.3 Å². The third-order valence-electron chi connectivity index (χ3n) is 3.69. The van der Waals surface area contributed by atoms with Gasteiger partial charge in [-0.1, -0.05) is 29.3 Å². The van der Waals surface area contributed by atoms with Gasteiger partial charge in [0.15, 0.2) is 0 Å². The number of allylic oxidation sites excluding steroid dienone is 2. The average Bonchev–Trinajstić information content (AvgIpc) is 2.65. The molecule has 154 valence electrons. The minimum atomic E-state index is -1.35. The van der Waals surface area contributed by atoms with Crippen LogP contribution in [-0.2, 0) is 16.0 Å². The Morgan fingerprint density at radius 1 is 1.36 bits per heavy atom. The molecule has 1 amide bonds. The van der Waals surface area contributed by atoms with E-state index >= 15 is 0 Å². The first-order valence-corrected chi connectivity index (χ1v) is 8.99. The van der Waals surface area contributed by atoms with Gasteiger partial charge in [0.25, 0.3) is 0 Å². The third-order valence-corrected chi connectivity index (χ3v) is 4.59. The van der Waals surface area contributed by atoms with Crippen LogP contribution in [0, 0.1) is 10.1 Å². The fourth-order valence-electron chi connectivity index (χ4n) is 2.15. The highest BCUT2D eigenvalue weighted by molar-refractivity contribution is 6.43. The monoisotopic (exact) mass is 434 g/mol. The second kappa shape index (κ2) is 11.5. The van der Waals surface area contributed by atoms with Gasteiger partial charge >= 0.3 is 5.97 Å². The first-order valence-electron chi connectivity index (χ1n) is 8.23. The molecule has 0 radical (unpaired) electrons. The topological polar surface area (TPSA) is 139 Å². The number of carboxylic acid groups (broad SMARTS) is 1. The molecule has 0 saturated heterocycles. The van der Waals surface area contributed by atoms with Gasteiger partial charge < -0.3 is 20.3 Å². The molecule has 0 fully saturated rings. The number of carboxylic acids is 1. The summed E-state index contributed by atoms with van der Waals surface area (Å²) in [6.07, 6.45) is 1.65. The van der Waals surface area contributed by atoms with Crippen molar-refractivity contribution >= 4 is 35.1 Å². The number of nitrogens with zero attached hydrogens (tertiary/aromatic N) is 1. The van der Waals surface area contributed by atoms with Crippen molar-refractivity contribution in [3.05, 3.63) is 49.6 Å². The first-order chi connectivity index (χ1) is 13.2. The molecule has 0 aromatic heterocycles. The van der Waals surface area contributed by atoms with Crippen molar-refractivity contribution < 1.29 is 29.5 Å². The molecule has 1 rings (SSSR count). The van der Waals surface area contributed by atoms with Gasteiger partial charge in [0, 0.05) is 6.42 Å². The molecule has 0 saturated carbocycles. The predicted octanol–water partition coefficient (Wildman–Crippen LogP) is 2.44. The molecule has 0 spiro atoms. The van der Waals surface area contributed by atoms with Crippen LogP contribution >= 0.6 is 23.2 Å². The van der Waals surface area contributed by atoms with Crippen molar-refractivity contribution in [1.29, 1.82) is 0 Å². The molecule has 0 aliphatic heterocycles. The van der Waals surface area contributed by atoms with Crippen molar-refractivity contribution in [2.75, 3.05) is 13.2 Å². The van der Waals surface area contributed by atoms with Crippen molar-refractivity contribution in [2.45, 2.75) is 32.2 Å². The van der Waals surface area contributed by atoms with Gasteiger partial charge in [0.2, 0.25) is 11.6 Å². The van der Waals surface area contributed by atoms with Crippen LogP contribution < -0.4 is 10.1 Å². The number of nitro groups is 1. The summed E-state index contributed by atoms with van der Waals surface area (Å²) in [5.74, 6) is -1.60. The first kappa shape index (κ1) is 23.7. The lowest BCUT2D eigenvalue weighted by atomic mass is 10.1. The second-order valence-corrected chi connectivity index (χ2v) is 6.41. The smallest absolute Gasteiger partial charge is 0.328 e. The Kier molecular flexibility index (Phi) is 9.70. The van der Waals surface area contributed by atoms with Crippen molar-refractivity contribution in [2.24, 2.45) is 0 Å². The van der Waals surface area contributed by atoms with Crippen molar-refractivity contribution in [1.82, 2.24) is 5.32 Å². The number of hydrogen-bond donors (Lipinski definition) is 3. The number of aliphatic carboxylic acids is 1. The Morgan fingerprint density at radius 2 is 2.04 bits per heavy atom. The van der Waals surface area contributed by atoms with E-state index in [0.717, 1.165) is 0 Å². The van der Waals surface area contributed by atoms with Crippen LogP contribution in [0.25, 0.3) is 0 Å². The molecule has 0 aliphatic carbocycles. The molecule has 9 nitrogen and oxygen atoms in total. The number of amides is 1. The van der Waals surface area contributed by atoms with Crippen LogP contribution in [0.4, 0.5) is 0 Å². The highest BCUT2D eigenvalue weighted by atomic mass is 35.5. The standard InChI is InChI=1S/C17H20Cl2N2O7/c1-2-11(21(26)27)8-10-5-6-13(16(19)15(10)18)28-7-3-4-14(23)20-12(9-22)17(24)25/h2,5-6,12,22H,3-4,7-9H2,1H3,(H,20,23)(H,24,25)/b11-2-/t12-/m0/s1. The fourth-order valence-corrected chi connectivity index (χ4v) is 2.62. The SMILES string of the molecule is C/C=C(/Cc1ccc(OCCCC(=O)N[C@@H](CO)C(=O)O)c(Cl)c1Cl)[N+](=O)[O-]. The molecule has 28 heavy (non-hydrogen) atoms. The van der Waals surface area contributed by atoms with Crippen LogP contribution in [0.15, 0.2) is 23.9 Å². The Labute approximate surface area is 171 Å². The van der Waals surface area contributed by atoms with Gasteiger partial charge in [-0.25, -0.2) is 4.79 Å². The number of ether oxygens (including phenoxy) is 1. The molecular weight excluding hydrogens is 415 g/mol. The summed E-state index contributed by atoms with van der Waals surface area (Å²) < 4.78 is 5.47. The normalized spacial score (nSPS) is 12.4. The van der Waals surface area contributed by atoms with E-state index in [1.807, 2.05) is 0 Å². The lowest BCUT2D eigenvalue weighted by Crippen LogP contribution is -2.43. The van der Waals surface area contributed by atoms with Gasteiger partial charge in [0.05, 0.1) is 29.6 Å². The van der Waals surface area contributed by atoms with Crippen LogP contribution in [0.3, 0.4) is 0 Å². The quantitative estimate of drug-likeness (QED) is 0.276. The number of aliphatic hydroxyl groups is 1. The molecule has 0 bridgehead atoms. The summed E-state index contributed by atoms with van der Waals surface area (Å²) in [6.45, 7) is 0.957. The maximum absolute atomic E-state index is 11.6. The third kappa shape index (κ3) is 6.99. The lowest BCUT2D eigenvalue weighted by Gasteiger charge is -2.13. The Bertz CT molecular complexity index is 768. The predicted molar refractivity (Wildman–Crippen MR) is 102 cm³/mol. The zero-order valence-corrected chi connectivity index (χ0v) is 16.5. The maximum atomic E-state index is 11.6. The van der Waals surface area contributed by atoms with E-state index < -0.39 is 29.4 Å². The minimum Gasteiger partial charge on any atom is -0.492 e. The zero-order valence-electron chi connectivity index (χ0n) is 15.0. The van der Waals surface area contributed by atoms with E-state index in [0.29, 0.717) is 5.56 Å². The summed E-state index contributed by atoms with van der Waals surface area (Å²) in [5.41, 5.74) is 0.465. The Hall–Kier alpha value is -2.36. The summed E-state index contributed by atoms with van der Waals surface area (Å²) >= 11 is 12.3. The van der Waals surface area contributed by atoms with Gasteiger partial charge in [-0.2, -0.15) is 0 Å². The molecule has 0 aliphatic rings. The van der Waals surface area contributed by atoms with E-state index in [4.69, 9.17) is 38.2 Å². The van der Waals surface area contributed by atoms with E-state index in [-0.39, 0.29) is 47.4 Å². The number of halogens is 2. The average molecular weight is 435 g/mol. The van der Waals surface area contributed by atoms with E-state index in [1.165, 1.54) is 12.1 Å². The highest BCUT2D eigenvalue weighted by Crippen LogP contribution is 2.35. The van der Waals surface area contributed by atoms with Crippen molar-refractivity contribution in [3.63, 3.8) is 0 Å². The number of nitrogens with one attached hydrogen (secondary N) is 1. The van der Waals surface area contributed by atoms with Crippen LogP contribution in [0.1, 0.15) is 25.3 Å². The van der Waals surface area contributed by atoms with Crippen LogP contribution in [0.2, 0.25) is 10.0 Å². The largest absolute Gasteiger partial charge is 0.492 e. The number of hydrogen-bond acceptors (Lipinski definition) is 6.